The van der Waals surface area contributed by atoms with Gasteiger partial charge in [0.2, 0.25) is 0 Å². The van der Waals surface area contributed by atoms with Crippen LogP contribution in [-0.2, 0) is 9.13 Å². The van der Waals surface area contributed by atoms with E-state index >= 15 is 0 Å². The third kappa shape index (κ3) is 131. The molecule has 0 fully saturated rings. The number of rotatable bonds is 2. The van der Waals surface area contributed by atoms with Crippen LogP contribution in [0.3, 0.4) is 0 Å². The van der Waals surface area contributed by atoms with Crippen LogP contribution in [0.25, 0.3) is 0 Å². The third-order valence-corrected chi connectivity index (χ3v) is 1.63. The molecule has 0 radical (unpaired) electrons. The van der Waals surface area contributed by atoms with Crippen molar-refractivity contribution in [2.45, 2.75) is 14.9 Å². The van der Waals surface area contributed by atoms with E-state index in [0.29, 0.717) is 0 Å². The molecule has 0 bridgehead atoms. The van der Waals surface area contributed by atoms with Crippen LogP contribution >= 0.6 is 39.1 Å². The quantitative estimate of drug-likeness (QED) is 0.459. The number of halogens is 2. The molecule has 0 aromatic heterocycles. The van der Waals surface area contributed by atoms with Crippen molar-refractivity contribution in [1.29, 1.82) is 0 Å². The summed E-state index contributed by atoms with van der Waals surface area (Å²) >= 11 is 9.76. The minimum absolute atomic E-state index is 0. The first kappa shape index (κ1) is 30.0. The molecule has 0 heterocycles. The maximum absolute atomic E-state index is 9.84. The predicted octanol–water partition coefficient (Wildman–Crippen LogP) is 2.67. The van der Waals surface area contributed by atoms with Crippen molar-refractivity contribution >= 4 is 39.1 Å². The van der Waals surface area contributed by atoms with E-state index in [2.05, 4.69) is 6.58 Å². The molecule has 10 heteroatoms. The molecule has 4 N–H and O–H groups in total. The Labute approximate surface area is 107 Å². The molecule has 0 aliphatic heterocycles. The fraction of sp³-hybridized carbons (Fsp3) is 0.667. The van der Waals surface area contributed by atoms with Gasteiger partial charge in [0.15, 0.2) is 0 Å². The molecule has 0 aliphatic rings. The van der Waals surface area contributed by atoms with E-state index in [4.69, 9.17) is 47.3 Å². The first-order chi connectivity index (χ1) is 6.21. The highest BCUT2D eigenvalue weighted by molar-refractivity contribution is 7.51. The second kappa shape index (κ2) is 20.8. The van der Waals surface area contributed by atoms with Gasteiger partial charge in [-0.1, -0.05) is 33.0 Å². The van der Waals surface area contributed by atoms with E-state index in [1.165, 1.54) is 5.54 Å². The zero-order valence-electron chi connectivity index (χ0n) is 6.95. The average molecular weight is 320 g/mol. The van der Waals surface area contributed by atoms with Gasteiger partial charge in [0.1, 0.15) is 0 Å². The van der Waals surface area contributed by atoms with Crippen LogP contribution in [0.1, 0.15) is 14.9 Å². The Morgan fingerprint density at radius 3 is 1.50 bits per heavy atom. The van der Waals surface area contributed by atoms with Crippen molar-refractivity contribution < 1.29 is 28.7 Å². The first-order valence-corrected chi connectivity index (χ1v) is 6.81. The average Bonchev–Trinajstić information content (AvgIpc) is 1.83. The molecule has 6 nitrogen and oxygen atoms in total. The summed E-state index contributed by atoms with van der Waals surface area (Å²) in [6, 6.07) is 0. The summed E-state index contributed by atoms with van der Waals surface area (Å²) < 4.78 is 18.5. The van der Waals surface area contributed by atoms with Crippen molar-refractivity contribution in [1.82, 2.24) is 0 Å². The van der Waals surface area contributed by atoms with Crippen molar-refractivity contribution in [3.05, 3.63) is 12.1 Å². The maximum Gasteiger partial charge on any atom is 0.692 e. The summed E-state index contributed by atoms with van der Waals surface area (Å²) in [4.78, 5) is 30.3. The normalized spacial score (nSPS) is 7.62. The van der Waals surface area contributed by atoms with Gasteiger partial charge < -0.3 is 9.79 Å². The van der Waals surface area contributed by atoms with Crippen LogP contribution in [0, 0.1) is 0 Å². The van der Waals surface area contributed by atoms with Gasteiger partial charge >= 0.3 is 15.9 Å². The summed E-state index contributed by atoms with van der Waals surface area (Å²) in [5.41, 5.74) is 1.22. The molecular weight excluding hydrogens is 301 g/mol. The molecule has 0 spiro atoms. The van der Waals surface area contributed by atoms with Crippen LogP contribution < -0.4 is 0 Å². The fourth-order valence-corrected chi connectivity index (χ4v) is 0.991. The Bertz CT molecular complexity index is 191. The zero-order valence-corrected chi connectivity index (χ0v) is 10.3. The summed E-state index contributed by atoms with van der Waals surface area (Å²) in [6.07, 6.45) is -0.228. The molecule has 0 amide bonds. The standard InChI is InChI=1S/C2H6ClO3P.C2H3Cl.2CH4.HO3P/c3-1-2-7(4,5)6;1-2-3;;;1-4(2)3/h1-2H2,(H2,4,5,6);2H,1H2;2*1H4;(H-,1,2,3)/p+1. The molecule has 0 rings (SSSR count). The molecule has 0 aliphatic carbocycles. The predicted molar refractivity (Wildman–Crippen MR) is 69.2 cm³/mol. The van der Waals surface area contributed by atoms with Crippen LogP contribution in [0.2, 0.25) is 0 Å². The van der Waals surface area contributed by atoms with E-state index < -0.39 is 15.9 Å². The van der Waals surface area contributed by atoms with Gasteiger partial charge in [-0.15, -0.1) is 21.4 Å². The number of alkyl halides is 1. The lowest BCUT2D eigenvalue weighted by molar-refractivity contribution is 0.375. The van der Waals surface area contributed by atoms with Gasteiger partial charge in [-0.3, -0.25) is 4.57 Å². The highest BCUT2D eigenvalue weighted by Gasteiger charge is 2.09. The van der Waals surface area contributed by atoms with Gasteiger partial charge in [0.05, 0.1) is 6.16 Å². The molecule has 0 saturated heterocycles. The second-order valence-electron chi connectivity index (χ2n) is 1.48. The summed E-state index contributed by atoms with van der Waals surface area (Å²) in [5, 5.41) is 0. The monoisotopic (exact) mass is 319 g/mol. The minimum atomic E-state index is -3.80. The molecule has 0 aromatic rings. The van der Waals surface area contributed by atoms with Gasteiger partial charge in [-0.05, 0) is 5.54 Å². The van der Waals surface area contributed by atoms with E-state index in [1.807, 2.05) is 0 Å². The van der Waals surface area contributed by atoms with E-state index in [0.717, 1.165) is 0 Å². The Kier molecular flexibility index (Phi) is 39.1. The highest BCUT2D eigenvalue weighted by Crippen LogP contribution is 2.33. The molecule has 0 saturated carbocycles. The lowest BCUT2D eigenvalue weighted by Gasteiger charge is -1.95. The molecule has 0 atom stereocenters. The Hall–Kier alpha value is 0.490. The molecule has 0 aromatic carbocycles. The fourth-order valence-electron chi connectivity index (χ4n) is 0.110. The molecule has 102 valence electrons. The topological polar surface area (TPSA) is 115 Å². The largest absolute Gasteiger partial charge is 0.692 e. The molecular formula is C6H19Cl2O6P2+. The van der Waals surface area contributed by atoms with Gasteiger partial charge in [0, 0.05) is 10.4 Å². The van der Waals surface area contributed by atoms with E-state index in [9.17, 15) is 4.57 Å². The van der Waals surface area contributed by atoms with Gasteiger partial charge in [0.25, 0.3) is 0 Å². The molecule has 16 heavy (non-hydrogen) atoms. The summed E-state index contributed by atoms with van der Waals surface area (Å²) in [7, 11) is -6.67. The van der Waals surface area contributed by atoms with Crippen LogP contribution in [-0.4, -0.2) is 31.6 Å². The van der Waals surface area contributed by atoms with Crippen molar-refractivity contribution in [3.63, 3.8) is 0 Å². The summed E-state index contributed by atoms with van der Waals surface area (Å²) in [5.74, 6) is 0.0181. The van der Waals surface area contributed by atoms with Crippen LogP contribution in [0.4, 0.5) is 0 Å². The van der Waals surface area contributed by atoms with Crippen molar-refractivity contribution in [3.8, 4) is 0 Å². The van der Waals surface area contributed by atoms with E-state index in [1.54, 1.807) is 0 Å². The number of hydrogen-bond donors (Lipinski definition) is 4. The lowest BCUT2D eigenvalue weighted by Crippen LogP contribution is -1.86. The van der Waals surface area contributed by atoms with Crippen molar-refractivity contribution in [2.75, 3.05) is 12.0 Å². The SMILES string of the molecule is C.C.C=CCl.O=P(O)(O)CCCl.O=[P+](O)O. The van der Waals surface area contributed by atoms with E-state index in [-0.39, 0.29) is 26.9 Å². The van der Waals surface area contributed by atoms with Gasteiger partial charge in [-0.25, -0.2) is 0 Å². The highest BCUT2D eigenvalue weighted by atomic mass is 35.5. The summed E-state index contributed by atoms with van der Waals surface area (Å²) in [6.45, 7) is 3.13. The Morgan fingerprint density at radius 2 is 1.50 bits per heavy atom. The Morgan fingerprint density at radius 1 is 1.31 bits per heavy atom. The van der Waals surface area contributed by atoms with Crippen molar-refractivity contribution in [2.24, 2.45) is 0 Å². The zero-order chi connectivity index (χ0) is 12.2. The van der Waals surface area contributed by atoms with Crippen LogP contribution in [0.5, 0.6) is 0 Å². The maximum atomic E-state index is 9.84. The van der Waals surface area contributed by atoms with Crippen LogP contribution in [0.15, 0.2) is 12.1 Å². The smallest absolute Gasteiger partial charge is 0.324 e. The second-order valence-corrected chi connectivity index (χ2v) is 4.45. The minimum Gasteiger partial charge on any atom is -0.324 e. The first-order valence-electron chi connectivity index (χ1n) is 2.88. The van der Waals surface area contributed by atoms with Gasteiger partial charge in [-0.2, -0.15) is 0 Å². The Balaban J connectivity index is -0.0000000393. The lowest BCUT2D eigenvalue weighted by atomic mass is 11.0. The third-order valence-electron chi connectivity index (χ3n) is 0.376. The number of hydrogen-bond acceptors (Lipinski definition) is 2. The molecule has 0 unspecified atom stereocenters.